The van der Waals surface area contributed by atoms with Crippen LogP contribution in [0.25, 0.3) is 0 Å². The van der Waals surface area contributed by atoms with Crippen LogP contribution in [0, 0.1) is 0 Å². The number of hydrogen-bond donors (Lipinski definition) is 2. The molecule has 0 atom stereocenters. The Labute approximate surface area is 163 Å². The van der Waals surface area contributed by atoms with Gasteiger partial charge in [0.05, 0.1) is 13.7 Å². The number of ether oxygens (including phenoxy) is 2. The van der Waals surface area contributed by atoms with Gasteiger partial charge in [-0.25, -0.2) is 4.99 Å². The summed E-state index contributed by atoms with van der Waals surface area (Å²) < 4.78 is 34.5. The zero-order valence-electron chi connectivity index (χ0n) is 14.3. The monoisotopic (exact) mass is 467 g/mol. The van der Waals surface area contributed by atoms with E-state index in [4.69, 9.17) is 4.74 Å². The average molecular weight is 467 g/mol. The maximum absolute atomic E-state index is 12.5. The van der Waals surface area contributed by atoms with E-state index in [-0.39, 0.29) is 35.5 Å². The maximum Gasteiger partial charge on any atom is 0.387 e. The van der Waals surface area contributed by atoms with Gasteiger partial charge < -0.3 is 20.1 Å². The van der Waals surface area contributed by atoms with E-state index < -0.39 is 6.61 Å². The molecule has 25 heavy (non-hydrogen) atoms. The molecule has 0 saturated carbocycles. The zero-order chi connectivity index (χ0) is 17.4. The first-order chi connectivity index (χ1) is 11.6. The lowest BCUT2D eigenvalue weighted by molar-refractivity contribution is -0.0512. The summed E-state index contributed by atoms with van der Waals surface area (Å²) in [4.78, 5) is 4.51. The van der Waals surface area contributed by atoms with Gasteiger partial charge in [-0.3, -0.25) is 0 Å². The van der Waals surface area contributed by atoms with Crippen molar-refractivity contribution in [3.05, 3.63) is 35.9 Å². The van der Waals surface area contributed by atoms with E-state index in [1.54, 1.807) is 12.1 Å². The molecule has 5 nitrogen and oxygen atoms in total. The molecule has 0 unspecified atom stereocenters. The minimum Gasteiger partial charge on any atom is -0.493 e. The molecule has 140 valence electrons. The minimum atomic E-state index is -2.90. The molecular formula is C17H24F2IN3O2. The Morgan fingerprint density at radius 2 is 2.00 bits per heavy atom. The van der Waals surface area contributed by atoms with Gasteiger partial charge in [0.25, 0.3) is 0 Å². The number of hydrogen-bond acceptors (Lipinski definition) is 3. The van der Waals surface area contributed by atoms with Crippen molar-refractivity contribution in [1.82, 2.24) is 10.6 Å². The number of methoxy groups -OCH3 is 1. The largest absolute Gasteiger partial charge is 0.493 e. The molecule has 1 aliphatic rings. The van der Waals surface area contributed by atoms with Crippen molar-refractivity contribution in [3.8, 4) is 11.5 Å². The molecule has 1 aromatic rings. The van der Waals surface area contributed by atoms with Crippen LogP contribution in [0.3, 0.4) is 0 Å². The van der Waals surface area contributed by atoms with Gasteiger partial charge in [0.15, 0.2) is 17.5 Å². The van der Waals surface area contributed by atoms with Crippen LogP contribution in [-0.4, -0.2) is 32.3 Å². The lowest BCUT2D eigenvalue weighted by Crippen LogP contribution is -2.42. The second kappa shape index (κ2) is 11.1. The van der Waals surface area contributed by atoms with Crippen LogP contribution in [0.1, 0.15) is 25.3 Å². The van der Waals surface area contributed by atoms with E-state index in [1.165, 1.54) is 13.2 Å². The molecular weight excluding hydrogens is 443 g/mol. The molecule has 0 aromatic heterocycles. The molecule has 0 spiro atoms. The van der Waals surface area contributed by atoms with Crippen molar-refractivity contribution in [2.45, 2.75) is 39.0 Å². The quantitative estimate of drug-likeness (QED) is 0.278. The Bertz CT molecular complexity index is 589. The number of nitrogens with one attached hydrogen (secondary N) is 2. The van der Waals surface area contributed by atoms with Gasteiger partial charge in [-0.15, -0.1) is 24.0 Å². The molecule has 0 aliphatic heterocycles. The molecule has 0 heterocycles. The van der Waals surface area contributed by atoms with E-state index in [0.29, 0.717) is 18.5 Å². The van der Waals surface area contributed by atoms with Crippen molar-refractivity contribution in [3.63, 3.8) is 0 Å². The number of rotatable bonds is 7. The van der Waals surface area contributed by atoms with Gasteiger partial charge in [0.2, 0.25) is 0 Å². The Morgan fingerprint density at radius 3 is 2.60 bits per heavy atom. The summed E-state index contributed by atoms with van der Waals surface area (Å²) in [6, 6.07) is 5.25. The van der Waals surface area contributed by atoms with E-state index in [2.05, 4.69) is 32.5 Å². The summed E-state index contributed by atoms with van der Waals surface area (Å²) in [5.74, 6) is 0.988. The van der Waals surface area contributed by atoms with Gasteiger partial charge in [-0.2, -0.15) is 8.78 Å². The molecule has 0 amide bonds. The molecule has 8 heteroatoms. The number of guanidine groups is 1. The molecule has 1 aromatic carbocycles. The Balaban J connectivity index is 0.00000312. The first kappa shape index (κ1) is 21.5. The molecule has 0 saturated heterocycles. The highest BCUT2D eigenvalue weighted by molar-refractivity contribution is 14.0. The zero-order valence-corrected chi connectivity index (χ0v) is 16.6. The van der Waals surface area contributed by atoms with Crippen LogP contribution in [0.15, 0.2) is 35.3 Å². The fraction of sp³-hybridized carbons (Fsp3) is 0.471. The fourth-order valence-corrected chi connectivity index (χ4v) is 2.43. The maximum atomic E-state index is 12.5. The Kier molecular flexibility index (Phi) is 9.54. The van der Waals surface area contributed by atoms with Crippen LogP contribution in [0.2, 0.25) is 0 Å². The molecule has 0 bridgehead atoms. The fourth-order valence-electron chi connectivity index (χ4n) is 2.43. The standard InChI is InChI=1S/C17H23F2N3O2.HI/c1-3-20-17(22-13-6-4-5-7-13)21-11-12-8-9-14(23-2)15(10-12)24-16(18)19;/h4-5,8-10,13,16H,3,6-7,11H2,1-2H3,(H2,20,21,22);1H. The molecule has 1 aliphatic carbocycles. The van der Waals surface area contributed by atoms with Crippen LogP contribution >= 0.6 is 24.0 Å². The summed E-state index contributed by atoms with van der Waals surface area (Å²) >= 11 is 0. The summed E-state index contributed by atoms with van der Waals surface area (Å²) in [7, 11) is 1.41. The van der Waals surface area contributed by atoms with Crippen LogP contribution in [0.5, 0.6) is 11.5 Å². The number of halogens is 3. The Morgan fingerprint density at radius 1 is 1.28 bits per heavy atom. The van der Waals surface area contributed by atoms with Crippen molar-refractivity contribution in [2.75, 3.05) is 13.7 Å². The third kappa shape index (κ3) is 7.05. The predicted octanol–water partition coefficient (Wildman–Crippen LogP) is 3.69. The molecule has 2 N–H and O–H groups in total. The smallest absolute Gasteiger partial charge is 0.387 e. The second-order valence-corrected chi connectivity index (χ2v) is 5.34. The first-order valence-electron chi connectivity index (χ1n) is 7.94. The van der Waals surface area contributed by atoms with Crippen molar-refractivity contribution < 1.29 is 18.3 Å². The summed E-state index contributed by atoms with van der Waals surface area (Å²) in [5.41, 5.74) is 0.758. The topological polar surface area (TPSA) is 54.9 Å². The van der Waals surface area contributed by atoms with Crippen LogP contribution < -0.4 is 20.1 Å². The van der Waals surface area contributed by atoms with E-state index in [0.717, 1.165) is 24.9 Å². The minimum absolute atomic E-state index is 0. The molecule has 0 fully saturated rings. The predicted molar refractivity (Wildman–Crippen MR) is 105 cm³/mol. The average Bonchev–Trinajstić information content (AvgIpc) is 3.05. The highest BCUT2D eigenvalue weighted by atomic mass is 127. The number of aliphatic imine (C=N–C) groups is 1. The van der Waals surface area contributed by atoms with Crippen molar-refractivity contribution >= 4 is 29.9 Å². The number of nitrogens with zero attached hydrogens (tertiary/aromatic N) is 1. The lowest BCUT2D eigenvalue weighted by atomic mass is 10.2. The van der Waals surface area contributed by atoms with E-state index in [9.17, 15) is 8.78 Å². The summed E-state index contributed by atoms with van der Waals surface area (Å²) in [6.45, 7) is 0.186. The first-order valence-corrected chi connectivity index (χ1v) is 7.94. The van der Waals surface area contributed by atoms with Crippen molar-refractivity contribution in [2.24, 2.45) is 4.99 Å². The van der Waals surface area contributed by atoms with Gasteiger partial charge in [0.1, 0.15) is 0 Å². The number of benzene rings is 1. The van der Waals surface area contributed by atoms with Gasteiger partial charge in [-0.05, 0) is 37.5 Å². The van der Waals surface area contributed by atoms with Crippen molar-refractivity contribution in [1.29, 1.82) is 0 Å². The highest BCUT2D eigenvalue weighted by Crippen LogP contribution is 2.29. The van der Waals surface area contributed by atoms with E-state index in [1.807, 2.05) is 6.92 Å². The number of alkyl halides is 2. The lowest BCUT2D eigenvalue weighted by Gasteiger charge is -2.17. The molecule has 2 rings (SSSR count). The summed E-state index contributed by atoms with van der Waals surface area (Å²) in [5, 5.41) is 6.54. The van der Waals surface area contributed by atoms with Crippen LogP contribution in [0.4, 0.5) is 8.78 Å². The second-order valence-electron chi connectivity index (χ2n) is 5.34. The normalized spacial score (nSPS) is 14.4. The Hall–Kier alpha value is -1.58. The van der Waals surface area contributed by atoms with Gasteiger partial charge in [-0.1, -0.05) is 18.2 Å². The van der Waals surface area contributed by atoms with Gasteiger partial charge in [0, 0.05) is 12.6 Å². The highest BCUT2D eigenvalue weighted by Gasteiger charge is 2.13. The van der Waals surface area contributed by atoms with E-state index >= 15 is 0 Å². The van der Waals surface area contributed by atoms with Gasteiger partial charge >= 0.3 is 6.61 Å². The molecule has 0 radical (unpaired) electrons. The SMILES string of the molecule is CCNC(=NCc1ccc(OC)c(OC(F)F)c1)NC1CC=CC1.I. The third-order valence-electron chi connectivity index (χ3n) is 3.56. The third-order valence-corrected chi connectivity index (χ3v) is 3.56. The summed E-state index contributed by atoms with van der Waals surface area (Å²) in [6.07, 6.45) is 6.22. The van der Waals surface area contributed by atoms with Crippen LogP contribution in [-0.2, 0) is 6.54 Å².